The summed E-state index contributed by atoms with van der Waals surface area (Å²) in [7, 11) is 3.31. The van der Waals surface area contributed by atoms with Gasteiger partial charge in [-0.2, -0.15) is 0 Å². The first-order chi connectivity index (χ1) is 8.19. The van der Waals surface area contributed by atoms with E-state index in [1.54, 1.807) is 14.2 Å². The standard InChI is InChI=1S/C13H21NO3/c1-10(14)11-5-6-12(13(9-11)16-3)17-8-4-7-15-2/h5-6,9-10H,4,7-8,14H2,1-3H3/t10-/m1/s1. The molecule has 0 aliphatic rings. The number of benzene rings is 1. The van der Waals surface area contributed by atoms with Crippen molar-refractivity contribution in [3.63, 3.8) is 0 Å². The van der Waals surface area contributed by atoms with Crippen LogP contribution in [0.15, 0.2) is 18.2 Å². The molecule has 0 aromatic heterocycles. The molecule has 96 valence electrons. The third-order valence-corrected chi connectivity index (χ3v) is 2.46. The maximum Gasteiger partial charge on any atom is 0.161 e. The molecule has 0 amide bonds. The molecule has 1 rings (SSSR count). The quantitative estimate of drug-likeness (QED) is 0.741. The van der Waals surface area contributed by atoms with Gasteiger partial charge in [0.05, 0.1) is 13.7 Å². The molecule has 0 aliphatic carbocycles. The maximum absolute atomic E-state index is 5.81. The number of methoxy groups -OCH3 is 2. The fourth-order valence-electron chi connectivity index (χ4n) is 1.47. The summed E-state index contributed by atoms with van der Waals surface area (Å²) in [6.45, 7) is 3.25. The van der Waals surface area contributed by atoms with E-state index in [1.807, 2.05) is 25.1 Å². The lowest BCUT2D eigenvalue weighted by Crippen LogP contribution is -2.06. The van der Waals surface area contributed by atoms with Crippen molar-refractivity contribution in [3.8, 4) is 11.5 Å². The van der Waals surface area contributed by atoms with Crippen LogP contribution in [-0.2, 0) is 4.74 Å². The van der Waals surface area contributed by atoms with Gasteiger partial charge in [-0.3, -0.25) is 0 Å². The maximum atomic E-state index is 5.81. The van der Waals surface area contributed by atoms with E-state index < -0.39 is 0 Å². The van der Waals surface area contributed by atoms with Crippen LogP contribution in [-0.4, -0.2) is 27.4 Å². The van der Waals surface area contributed by atoms with Crippen LogP contribution in [0.4, 0.5) is 0 Å². The van der Waals surface area contributed by atoms with Crippen molar-refractivity contribution in [1.82, 2.24) is 0 Å². The molecule has 1 atom stereocenters. The fourth-order valence-corrected chi connectivity index (χ4v) is 1.47. The first-order valence-corrected chi connectivity index (χ1v) is 5.74. The highest BCUT2D eigenvalue weighted by molar-refractivity contribution is 5.43. The first kappa shape index (κ1) is 13.8. The van der Waals surface area contributed by atoms with E-state index in [2.05, 4.69) is 0 Å². The number of hydrogen-bond acceptors (Lipinski definition) is 4. The highest BCUT2D eigenvalue weighted by Crippen LogP contribution is 2.29. The van der Waals surface area contributed by atoms with E-state index in [0.29, 0.717) is 13.2 Å². The normalized spacial score (nSPS) is 12.2. The molecular formula is C13H21NO3. The molecule has 0 saturated carbocycles. The van der Waals surface area contributed by atoms with Gasteiger partial charge >= 0.3 is 0 Å². The Morgan fingerprint density at radius 3 is 2.53 bits per heavy atom. The van der Waals surface area contributed by atoms with E-state index in [0.717, 1.165) is 23.5 Å². The van der Waals surface area contributed by atoms with E-state index in [9.17, 15) is 0 Å². The van der Waals surface area contributed by atoms with Crippen molar-refractivity contribution in [2.75, 3.05) is 27.4 Å². The van der Waals surface area contributed by atoms with Crippen LogP contribution >= 0.6 is 0 Å². The van der Waals surface area contributed by atoms with Crippen LogP contribution in [0.5, 0.6) is 11.5 Å². The number of ether oxygens (including phenoxy) is 3. The molecule has 17 heavy (non-hydrogen) atoms. The van der Waals surface area contributed by atoms with Gasteiger partial charge in [0.25, 0.3) is 0 Å². The van der Waals surface area contributed by atoms with Gasteiger partial charge in [-0.1, -0.05) is 6.07 Å². The molecule has 0 aliphatic heterocycles. The lowest BCUT2D eigenvalue weighted by atomic mass is 10.1. The Morgan fingerprint density at radius 2 is 1.94 bits per heavy atom. The summed E-state index contributed by atoms with van der Waals surface area (Å²) in [6.07, 6.45) is 0.856. The molecule has 4 heteroatoms. The summed E-state index contributed by atoms with van der Waals surface area (Å²) in [5.41, 5.74) is 6.85. The zero-order chi connectivity index (χ0) is 12.7. The van der Waals surface area contributed by atoms with Gasteiger partial charge in [0, 0.05) is 26.2 Å². The third kappa shape index (κ3) is 4.24. The Balaban J connectivity index is 2.65. The number of rotatable bonds is 7. The van der Waals surface area contributed by atoms with E-state index in [-0.39, 0.29) is 6.04 Å². The molecule has 0 spiro atoms. The largest absolute Gasteiger partial charge is 0.493 e. The average Bonchev–Trinajstić information content (AvgIpc) is 2.34. The second-order valence-electron chi connectivity index (χ2n) is 3.89. The molecule has 0 bridgehead atoms. The SMILES string of the molecule is COCCCOc1ccc([C@@H](C)N)cc1OC. The number of nitrogens with two attached hydrogens (primary N) is 1. The fraction of sp³-hybridized carbons (Fsp3) is 0.538. The van der Waals surface area contributed by atoms with Crippen molar-refractivity contribution < 1.29 is 14.2 Å². The molecule has 2 N–H and O–H groups in total. The smallest absolute Gasteiger partial charge is 0.161 e. The van der Waals surface area contributed by atoms with Crippen LogP contribution in [0.3, 0.4) is 0 Å². The summed E-state index contributed by atoms with van der Waals surface area (Å²) in [5, 5.41) is 0. The average molecular weight is 239 g/mol. The van der Waals surface area contributed by atoms with Crippen LogP contribution in [0.1, 0.15) is 24.9 Å². The van der Waals surface area contributed by atoms with Crippen LogP contribution < -0.4 is 15.2 Å². The van der Waals surface area contributed by atoms with Gasteiger partial charge in [-0.05, 0) is 24.6 Å². The Hall–Kier alpha value is -1.26. The van der Waals surface area contributed by atoms with Crippen molar-refractivity contribution in [3.05, 3.63) is 23.8 Å². The van der Waals surface area contributed by atoms with E-state index in [4.69, 9.17) is 19.9 Å². The van der Waals surface area contributed by atoms with Crippen molar-refractivity contribution in [2.24, 2.45) is 5.73 Å². The first-order valence-electron chi connectivity index (χ1n) is 5.74. The molecule has 0 fully saturated rings. The predicted molar refractivity (Wildman–Crippen MR) is 67.6 cm³/mol. The van der Waals surface area contributed by atoms with Gasteiger partial charge in [0.1, 0.15) is 0 Å². The van der Waals surface area contributed by atoms with Gasteiger partial charge in [0.15, 0.2) is 11.5 Å². The monoisotopic (exact) mass is 239 g/mol. The molecule has 1 aromatic carbocycles. The Kier molecular flexibility index (Phi) is 5.80. The summed E-state index contributed by atoms with van der Waals surface area (Å²) < 4.78 is 15.9. The van der Waals surface area contributed by atoms with Crippen molar-refractivity contribution in [2.45, 2.75) is 19.4 Å². The molecule has 0 heterocycles. The third-order valence-electron chi connectivity index (χ3n) is 2.46. The molecule has 4 nitrogen and oxygen atoms in total. The summed E-state index contributed by atoms with van der Waals surface area (Å²) >= 11 is 0. The van der Waals surface area contributed by atoms with Crippen LogP contribution in [0.2, 0.25) is 0 Å². The van der Waals surface area contributed by atoms with Crippen LogP contribution in [0.25, 0.3) is 0 Å². The summed E-state index contributed by atoms with van der Waals surface area (Å²) in [4.78, 5) is 0. The minimum Gasteiger partial charge on any atom is -0.493 e. The zero-order valence-corrected chi connectivity index (χ0v) is 10.7. The Morgan fingerprint density at radius 1 is 1.18 bits per heavy atom. The molecular weight excluding hydrogens is 218 g/mol. The molecule has 0 unspecified atom stereocenters. The van der Waals surface area contributed by atoms with Crippen molar-refractivity contribution >= 4 is 0 Å². The van der Waals surface area contributed by atoms with E-state index >= 15 is 0 Å². The highest BCUT2D eigenvalue weighted by atomic mass is 16.5. The van der Waals surface area contributed by atoms with Gasteiger partial charge in [-0.25, -0.2) is 0 Å². The molecule has 0 saturated heterocycles. The van der Waals surface area contributed by atoms with Crippen molar-refractivity contribution in [1.29, 1.82) is 0 Å². The Labute approximate surface area is 103 Å². The predicted octanol–water partition coefficient (Wildman–Crippen LogP) is 2.13. The Bertz CT molecular complexity index is 339. The van der Waals surface area contributed by atoms with Gasteiger partial charge < -0.3 is 19.9 Å². The van der Waals surface area contributed by atoms with Gasteiger partial charge in [0.2, 0.25) is 0 Å². The number of hydrogen-bond donors (Lipinski definition) is 1. The lowest BCUT2D eigenvalue weighted by molar-refractivity contribution is 0.170. The van der Waals surface area contributed by atoms with Gasteiger partial charge in [-0.15, -0.1) is 0 Å². The zero-order valence-electron chi connectivity index (χ0n) is 10.7. The minimum atomic E-state index is -0.00792. The second-order valence-corrected chi connectivity index (χ2v) is 3.89. The molecule has 0 radical (unpaired) electrons. The topological polar surface area (TPSA) is 53.7 Å². The second kappa shape index (κ2) is 7.14. The minimum absolute atomic E-state index is 0.00792. The highest BCUT2D eigenvalue weighted by Gasteiger charge is 2.07. The van der Waals surface area contributed by atoms with E-state index in [1.165, 1.54) is 0 Å². The summed E-state index contributed by atoms with van der Waals surface area (Å²) in [6, 6.07) is 5.76. The summed E-state index contributed by atoms with van der Waals surface area (Å²) in [5.74, 6) is 1.46. The lowest BCUT2D eigenvalue weighted by Gasteiger charge is -2.13. The molecule has 1 aromatic rings. The van der Waals surface area contributed by atoms with Crippen LogP contribution in [0, 0.1) is 0 Å².